The molecule has 126 valence electrons. The molecule has 0 amide bonds. The lowest BCUT2D eigenvalue weighted by Crippen LogP contribution is -2.37. The number of nitrogens with one attached hydrogen (secondary N) is 1. The maximum atomic E-state index is 4.49. The molecule has 1 fully saturated rings. The van der Waals surface area contributed by atoms with Gasteiger partial charge >= 0.3 is 0 Å². The Morgan fingerprint density at radius 1 is 1.13 bits per heavy atom. The van der Waals surface area contributed by atoms with Crippen molar-refractivity contribution in [2.75, 3.05) is 26.2 Å². The van der Waals surface area contributed by atoms with Crippen LogP contribution < -0.4 is 5.32 Å². The molecule has 23 heavy (non-hydrogen) atoms. The average molecular weight is 335 g/mol. The molecule has 2 aromatic rings. The van der Waals surface area contributed by atoms with Gasteiger partial charge in [-0.05, 0) is 63.1 Å². The lowest BCUT2D eigenvalue weighted by molar-refractivity contribution is 0.173. The normalized spacial score (nSPS) is 16.2. The minimum atomic E-state index is 0. The van der Waals surface area contributed by atoms with Crippen molar-refractivity contribution in [2.24, 2.45) is 5.92 Å². The summed E-state index contributed by atoms with van der Waals surface area (Å²) in [5, 5.41) is 7.96. The molecule has 3 rings (SSSR count). The number of benzene rings is 1. The fraction of sp³-hybridized carbons (Fsp3) is 0.500. The molecule has 0 spiro atoms. The molecular weight excluding hydrogens is 308 g/mol. The standard InChI is InChI=1S/C18H26N4.ClH/c1-2-19-14-16-9-12-21(13-10-16)15-18-8-11-20-22(18)17-6-4-3-5-7-17;/h3-8,11,16,19H,2,9-10,12-15H2,1H3;1H. The van der Waals surface area contributed by atoms with Crippen molar-refractivity contribution in [2.45, 2.75) is 26.3 Å². The topological polar surface area (TPSA) is 33.1 Å². The number of piperidine rings is 1. The zero-order chi connectivity index (χ0) is 15.2. The largest absolute Gasteiger partial charge is 0.317 e. The number of hydrogen-bond donors (Lipinski definition) is 1. The summed E-state index contributed by atoms with van der Waals surface area (Å²) in [7, 11) is 0. The molecule has 1 N–H and O–H groups in total. The number of hydrogen-bond acceptors (Lipinski definition) is 3. The third kappa shape index (κ3) is 4.80. The van der Waals surface area contributed by atoms with Crippen molar-refractivity contribution >= 4 is 12.4 Å². The van der Waals surface area contributed by atoms with Crippen LogP contribution in [0.3, 0.4) is 0 Å². The van der Waals surface area contributed by atoms with Crippen molar-refractivity contribution in [3.8, 4) is 5.69 Å². The summed E-state index contributed by atoms with van der Waals surface area (Å²) in [4.78, 5) is 2.55. The van der Waals surface area contributed by atoms with Gasteiger partial charge in [0.15, 0.2) is 0 Å². The van der Waals surface area contributed by atoms with Crippen molar-refractivity contribution < 1.29 is 0 Å². The number of nitrogens with zero attached hydrogens (tertiary/aromatic N) is 3. The minimum Gasteiger partial charge on any atom is -0.317 e. The van der Waals surface area contributed by atoms with Crippen LogP contribution >= 0.6 is 12.4 Å². The second-order valence-corrected chi connectivity index (χ2v) is 6.10. The molecule has 1 aliphatic rings. The molecule has 0 atom stereocenters. The van der Waals surface area contributed by atoms with Gasteiger partial charge in [0.2, 0.25) is 0 Å². The Morgan fingerprint density at radius 2 is 1.87 bits per heavy atom. The number of halogens is 1. The molecule has 4 nitrogen and oxygen atoms in total. The zero-order valence-electron chi connectivity index (χ0n) is 13.8. The molecule has 0 unspecified atom stereocenters. The van der Waals surface area contributed by atoms with E-state index < -0.39 is 0 Å². The lowest BCUT2D eigenvalue weighted by atomic mass is 9.96. The van der Waals surface area contributed by atoms with Crippen LogP contribution in [0, 0.1) is 5.92 Å². The van der Waals surface area contributed by atoms with Gasteiger partial charge in [-0.25, -0.2) is 4.68 Å². The lowest BCUT2D eigenvalue weighted by Gasteiger charge is -2.32. The molecule has 1 aromatic carbocycles. The van der Waals surface area contributed by atoms with Crippen LogP contribution in [0.15, 0.2) is 42.6 Å². The Bertz CT molecular complexity index is 561. The van der Waals surface area contributed by atoms with Gasteiger partial charge in [0.1, 0.15) is 0 Å². The van der Waals surface area contributed by atoms with Gasteiger partial charge in [0, 0.05) is 12.7 Å². The first kappa shape index (κ1) is 18.0. The molecular formula is C18H27ClN4. The monoisotopic (exact) mass is 334 g/mol. The first-order chi connectivity index (χ1) is 10.9. The summed E-state index contributed by atoms with van der Waals surface area (Å²) in [5.41, 5.74) is 2.42. The minimum absolute atomic E-state index is 0. The highest BCUT2D eigenvalue weighted by Crippen LogP contribution is 2.19. The van der Waals surface area contributed by atoms with E-state index in [1.54, 1.807) is 0 Å². The Morgan fingerprint density at radius 3 is 2.57 bits per heavy atom. The van der Waals surface area contributed by atoms with Crippen molar-refractivity contribution in [3.63, 3.8) is 0 Å². The van der Waals surface area contributed by atoms with E-state index in [0.717, 1.165) is 24.7 Å². The first-order valence-electron chi connectivity index (χ1n) is 8.38. The van der Waals surface area contributed by atoms with Crippen molar-refractivity contribution in [1.82, 2.24) is 20.0 Å². The van der Waals surface area contributed by atoms with Crippen LogP contribution in [0.4, 0.5) is 0 Å². The highest BCUT2D eigenvalue weighted by molar-refractivity contribution is 5.85. The van der Waals surface area contributed by atoms with Gasteiger partial charge in [0.25, 0.3) is 0 Å². The predicted molar refractivity (Wildman–Crippen MR) is 97.4 cm³/mol. The van der Waals surface area contributed by atoms with Crippen LogP contribution in [-0.2, 0) is 6.54 Å². The molecule has 5 heteroatoms. The van der Waals surface area contributed by atoms with E-state index in [1.807, 2.05) is 12.3 Å². The van der Waals surface area contributed by atoms with Crippen LogP contribution in [0.5, 0.6) is 0 Å². The van der Waals surface area contributed by atoms with Crippen LogP contribution in [0.1, 0.15) is 25.5 Å². The molecule has 0 saturated carbocycles. The summed E-state index contributed by atoms with van der Waals surface area (Å²) in [6.45, 7) is 7.80. The second-order valence-electron chi connectivity index (χ2n) is 6.10. The van der Waals surface area contributed by atoms with Gasteiger partial charge in [-0.1, -0.05) is 25.1 Å². The number of rotatable bonds is 6. The second kappa shape index (κ2) is 9.06. The molecule has 1 aromatic heterocycles. The molecule has 1 saturated heterocycles. The smallest absolute Gasteiger partial charge is 0.0649 e. The SMILES string of the molecule is CCNCC1CCN(Cc2ccnn2-c2ccccc2)CC1.Cl. The highest BCUT2D eigenvalue weighted by atomic mass is 35.5. The summed E-state index contributed by atoms with van der Waals surface area (Å²) in [6.07, 6.45) is 4.50. The highest BCUT2D eigenvalue weighted by Gasteiger charge is 2.19. The quantitative estimate of drug-likeness (QED) is 0.881. The number of aromatic nitrogens is 2. The summed E-state index contributed by atoms with van der Waals surface area (Å²) >= 11 is 0. The van der Waals surface area contributed by atoms with Crippen molar-refractivity contribution in [1.29, 1.82) is 0 Å². The summed E-state index contributed by atoms with van der Waals surface area (Å²) in [5.74, 6) is 0.843. The third-order valence-electron chi connectivity index (χ3n) is 4.50. The van der Waals surface area contributed by atoms with Gasteiger partial charge < -0.3 is 5.32 Å². The summed E-state index contributed by atoms with van der Waals surface area (Å²) in [6, 6.07) is 12.5. The van der Waals surface area contributed by atoms with Crippen LogP contribution in [-0.4, -0.2) is 40.9 Å². The van der Waals surface area contributed by atoms with Crippen LogP contribution in [0.2, 0.25) is 0 Å². The predicted octanol–water partition coefficient (Wildman–Crippen LogP) is 3.12. The van der Waals surface area contributed by atoms with E-state index in [4.69, 9.17) is 0 Å². The Kier molecular flexibility index (Phi) is 7.09. The van der Waals surface area contributed by atoms with Gasteiger partial charge in [-0.2, -0.15) is 5.10 Å². The third-order valence-corrected chi connectivity index (χ3v) is 4.50. The van der Waals surface area contributed by atoms with E-state index in [0.29, 0.717) is 0 Å². The van der Waals surface area contributed by atoms with E-state index in [2.05, 4.69) is 57.3 Å². The molecule has 1 aliphatic heterocycles. The van der Waals surface area contributed by atoms with E-state index in [9.17, 15) is 0 Å². The Balaban J connectivity index is 0.00000192. The van der Waals surface area contributed by atoms with Crippen molar-refractivity contribution in [3.05, 3.63) is 48.3 Å². The molecule has 0 bridgehead atoms. The number of likely N-dealkylation sites (tertiary alicyclic amines) is 1. The van der Waals surface area contributed by atoms with E-state index >= 15 is 0 Å². The van der Waals surface area contributed by atoms with E-state index in [1.165, 1.54) is 38.2 Å². The van der Waals surface area contributed by atoms with Crippen LogP contribution in [0.25, 0.3) is 5.69 Å². The maximum Gasteiger partial charge on any atom is 0.0649 e. The average Bonchev–Trinajstić information content (AvgIpc) is 3.03. The van der Waals surface area contributed by atoms with Gasteiger partial charge in [-0.3, -0.25) is 4.90 Å². The fourth-order valence-corrected chi connectivity index (χ4v) is 3.18. The van der Waals surface area contributed by atoms with Gasteiger partial charge in [0.05, 0.1) is 11.4 Å². The molecule has 0 aliphatic carbocycles. The zero-order valence-corrected chi connectivity index (χ0v) is 14.6. The Hall–Kier alpha value is -1.36. The Labute approximate surface area is 145 Å². The number of para-hydroxylation sites is 1. The summed E-state index contributed by atoms with van der Waals surface area (Å²) < 4.78 is 2.06. The van der Waals surface area contributed by atoms with Gasteiger partial charge in [-0.15, -0.1) is 12.4 Å². The fourth-order valence-electron chi connectivity index (χ4n) is 3.18. The molecule has 0 radical (unpaired) electrons. The van der Waals surface area contributed by atoms with E-state index in [-0.39, 0.29) is 12.4 Å². The molecule has 2 heterocycles. The maximum absolute atomic E-state index is 4.49. The first-order valence-corrected chi connectivity index (χ1v) is 8.38.